The average molecular weight is 406 g/mol. The number of carbonyl (C=O) groups excluding carboxylic acids is 1. The van der Waals surface area contributed by atoms with Gasteiger partial charge in [0, 0.05) is 50.4 Å². The number of methoxy groups -OCH3 is 1. The number of amides is 1. The molecule has 1 aromatic carbocycles. The van der Waals surface area contributed by atoms with Crippen LogP contribution in [0.5, 0.6) is 5.75 Å². The van der Waals surface area contributed by atoms with E-state index in [2.05, 4.69) is 0 Å². The lowest BCUT2D eigenvalue weighted by Crippen LogP contribution is -2.53. The van der Waals surface area contributed by atoms with Crippen molar-refractivity contribution in [1.29, 1.82) is 0 Å². The van der Waals surface area contributed by atoms with Crippen molar-refractivity contribution >= 4 is 27.9 Å². The summed E-state index contributed by atoms with van der Waals surface area (Å²) in [7, 11) is -0.639. The standard InChI is InChI=1S/C16H24ClN3O5S/c1-4-25-16(21)19-7-9-20(10-8-19)26(22,23)18(2)12-13-11-14(17)5-6-15(13)24-3/h5-6,11H,4,7-10,12H2,1-3H3. The van der Waals surface area contributed by atoms with Gasteiger partial charge in [-0.05, 0) is 25.1 Å². The van der Waals surface area contributed by atoms with Crippen LogP contribution in [-0.2, 0) is 21.5 Å². The maximum Gasteiger partial charge on any atom is 0.409 e. The van der Waals surface area contributed by atoms with Gasteiger partial charge in [-0.3, -0.25) is 0 Å². The first kappa shape index (κ1) is 20.8. The van der Waals surface area contributed by atoms with Gasteiger partial charge >= 0.3 is 6.09 Å². The van der Waals surface area contributed by atoms with E-state index in [1.54, 1.807) is 25.1 Å². The van der Waals surface area contributed by atoms with E-state index in [4.69, 9.17) is 21.1 Å². The van der Waals surface area contributed by atoms with Gasteiger partial charge in [-0.25, -0.2) is 4.79 Å². The molecular weight excluding hydrogens is 382 g/mol. The maximum absolute atomic E-state index is 12.8. The first-order chi connectivity index (χ1) is 12.3. The Bertz CT molecular complexity index is 735. The Morgan fingerprint density at radius 3 is 2.50 bits per heavy atom. The summed E-state index contributed by atoms with van der Waals surface area (Å²) in [5, 5.41) is 0.509. The highest BCUT2D eigenvalue weighted by molar-refractivity contribution is 7.86. The molecule has 146 valence electrons. The summed E-state index contributed by atoms with van der Waals surface area (Å²) in [6.07, 6.45) is -0.415. The smallest absolute Gasteiger partial charge is 0.409 e. The number of piperazine rings is 1. The van der Waals surface area contributed by atoms with E-state index in [-0.39, 0.29) is 19.6 Å². The molecule has 1 aliphatic heterocycles. The Kier molecular flexibility index (Phi) is 7.10. The Labute approximate surface area is 159 Å². The van der Waals surface area contributed by atoms with Crippen molar-refractivity contribution in [1.82, 2.24) is 13.5 Å². The molecule has 2 rings (SSSR count). The minimum Gasteiger partial charge on any atom is -0.496 e. The topological polar surface area (TPSA) is 79.4 Å². The van der Waals surface area contributed by atoms with Gasteiger partial charge < -0.3 is 14.4 Å². The van der Waals surface area contributed by atoms with Crippen LogP contribution in [0.3, 0.4) is 0 Å². The van der Waals surface area contributed by atoms with E-state index in [0.29, 0.717) is 36.0 Å². The molecule has 1 amide bonds. The number of benzene rings is 1. The highest BCUT2D eigenvalue weighted by Gasteiger charge is 2.32. The van der Waals surface area contributed by atoms with Gasteiger partial charge in [0.25, 0.3) is 10.2 Å². The summed E-state index contributed by atoms with van der Waals surface area (Å²) in [6, 6.07) is 5.08. The zero-order valence-corrected chi connectivity index (χ0v) is 16.7. The monoisotopic (exact) mass is 405 g/mol. The van der Waals surface area contributed by atoms with Gasteiger partial charge in [-0.2, -0.15) is 17.0 Å². The van der Waals surface area contributed by atoms with E-state index in [1.807, 2.05) is 0 Å². The number of rotatable bonds is 6. The molecule has 1 aromatic rings. The van der Waals surface area contributed by atoms with Gasteiger partial charge in [0.15, 0.2) is 0 Å². The van der Waals surface area contributed by atoms with Crippen LogP contribution >= 0.6 is 11.6 Å². The van der Waals surface area contributed by atoms with Crippen LogP contribution in [0.25, 0.3) is 0 Å². The zero-order chi connectivity index (χ0) is 19.3. The molecule has 1 fully saturated rings. The quantitative estimate of drug-likeness (QED) is 0.721. The summed E-state index contributed by atoms with van der Waals surface area (Å²) in [5.74, 6) is 0.573. The molecule has 1 saturated heterocycles. The van der Waals surface area contributed by atoms with E-state index < -0.39 is 16.3 Å². The van der Waals surface area contributed by atoms with Gasteiger partial charge in [0.1, 0.15) is 5.75 Å². The molecule has 1 heterocycles. The third kappa shape index (κ3) is 4.79. The lowest BCUT2D eigenvalue weighted by molar-refractivity contribution is 0.0925. The predicted octanol–water partition coefficient (Wildman–Crippen LogP) is 1.80. The summed E-state index contributed by atoms with van der Waals surface area (Å²) < 4.78 is 38.5. The number of ether oxygens (including phenoxy) is 2. The van der Waals surface area contributed by atoms with Crippen molar-refractivity contribution in [3.8, 4) is 5.75 Å². The first-order valence-corrected chi connectivity index (χ1v) is 10.0. The number of halogens is 1. The second-order valence-corrected chi connectivity index (χ2v) is 8.28. The number of hydrogen-bond acceptors (Lipinski definition) is 5. The molecule has 0 atom stereocenters. The average Bonchev–Trinajstić information content (AvgIpc) is 2.62. The summed E-state index contributed by atoms with van der Waals surface area (Å²) in [6.45, 7) is 3.19. The van der Waals surface area contributed by atoms with Crippen molar-refractivity contribution < 1.29 is 22.7 Å². The predicted molar refractivity (Wildman–Crippen MR) is 98.6 cm³/mol. The number of hydrogen-bond donors (Lipinski definition) is 0. The van der Waals surface area contributed by atoms with Gasteiger partial charge in [0.2, 0.25) is 0 Å². The molecule has 0 spiro atoms. The van der Waals surface area contributed by atoms with Gasteiger partial charge in [0.05, 0.1) is 13.7 Å². The van der Waals surface area contributed by atoms with Gasteiger partial charge in [-0.15, -0.1) is 0 Å². The highest BCUT2D eigenvalue weighted by atomic mass is 35.5. The van der Waals surface area contributed by atoms with Crippen molar-refractivity contribution in [2.45, 2.75) is 13.5 Å². The van der Waals surface area contributed by atoms with Crippen molar-refractivity contribution in [2.24, 2.45) is 0 Å². The lowest BCUT2D eigenvalue weighted by Gasteiger charge is -2.35. The summed E-state index contributed by atoms with van der Waals surface area (Å²) in [5.41, 5.74) is 0.677. The van der Waals surface area contributed by atoms with Crippen molar-refractivity contribution in [2.75, 3.05) is 46.9 Å². The number of carbonyl (C=O) groups is 1. The Hall–Kier alpha value is -1.55. The third-order valence-electron chi connectivity index (χ3n) is 4.12. The second kappa shape index (κ2) is 8.90. The van der Waals surface area contributed by atoms with Crippen LogP contribution in [0, 0.1) is 0 Å². The van der Waals surface area contributed by atoms with Crippen LogP contribution in [-0.4, -0.2) is 75.0 Å². The molecule has 0 unspecified atom stereocenters. The van der Waals surface area contributed by atoms with Crippen molar-refractivity contribution in [3.05, 3.63) is 28.8 Å². The van der Waals surface area contributed by atoms with Gasteiger partial charge in [-0.1, -0.05) is 11.6 Å². The highest BCUT2D eigenvalue weighted by Crippen LogP contribution is 2.25. The van der Waals surface area contributed by atoms with E-state index in [1.165, 1.54) is 27.7 Å². The molecule has 0 aromatic heterocycles. The fraction of sp³-hybridized carbons (Fsp3) is 0.562. The molecular formula is C16H24ClN3O5S. The summed E-state index contributed by atoms with van der Waals surface area (Å²) in [4.78, 5) is 13.2. The molecule has 0 radical (unpaired) electrons. The second-order valence-electron chi connectivity index (χ2n) is 5.81. The fourth-order valence-corrected chi connectivity index (χ4v) is 4.22. The first-order valence-electron chi connectivity index (χ1n) is 8.25. The molecule has 8 nitrogen and oxygen atoms in total. The van der Waals surface area contributed by atoms with Crippen LogP contribution in [0.4, 0.5) is 4.79 Å². The maximum atomic E-state index is 12.8. The number of nitrogens with zero attached hydrogens (tertiary/aromatic N) is 3. The summed E-state index contributed by atoms with van der Waals surface area (Å²) >= 11 is 6.01. The molecule has 26 heavy (non-hydrogen) atoms. The minimum absolute atomic E-state index is 0.129. The Morgan fingerprint density at radius 1 is 1.27 bits per heavy atom. The molecule has 0 bridgehead atoms. The van der Waals surface area contributed by atoms with Crippen LogP contribution in [0.2, 0.25) is 5.02 Å². The molecule has 0 N–H and O–H groups in total. The van der Waals surface area contributed by atoms with E-state index in [9.17, 15) is 13.2 Å². The molecule has 0 saturated carbocycles. The normalized spacial score (nSPS) is 16.0. The SMILES string of the molecule is CCOC(=O)N1CCN(S(=O)(=O)N(C)Cc2cc(Cl)ccc2OC)CC1. The third-order valence-corrected chi connectivity index (χ3v) is 6.29. The lowest BCUT2D eigenvalue weighted by atomic mass is 10.2. The largest absolute Gasteiger partial charge is 0.496 e. The van der Waals surface area contributed by atoms with Crippen LogP contribution in [0.15, 0.2) is 18.2 Å². The van der Waals surface area contributed by atoms with E-state index in [0.717, 1.165) is 0 Å². The zero-order valence-electron chi connectivity index (χ0n) is 15.1. The Morgan fingerprint density at radius 2 is 1.92 bits per heavy atom. The minimum atomic E-state index is -3.67. The molecule has 0 aliphatic carbocycles. The van der Waals surface area contributed by atoms with E-state index >= 15 is 0 Å². The van der Waals surface area contributed by atoms with Crippen LogP contribution in [0.1, 0.15) is 12.5 Å². The Balaban J connectivity index is 2.04. The molecule has 10 heteroatoms. The van der Waals surface area contributed by atoms with Crippen LogP contribution < -0.4 is 4.74 Å². The van der Waals surface area contributed by atoms with Crippen molar-refractivity contribution in [3.63, 3.8) is 0 Å². The molecule has 1 aliphatic rings. The fourth-order valence-electron chi connectivity index (χ4n) is 2.71.